The molecule has 6 heteroatoms. The second kappa shape index (κ2) is 5.34. The van der Waals surface area contributed by atoms with Crippen LogP contribution in [-0.4, -0.2) is 27.9 Å². The zero-order valence-electron chi connectivity index (χ0n) is 12.0. The van der Waals surface area contributed by atoms with Gasteiger partial charge in [-0.2, -0.15) is 5.10 Å². The molecule has 0 aliphatic carbocycles. The molecule has 2 heterocycles. The van der Waals surface area contributed by atoms with Crippen molar-refractivity contribution < 1.29 is 4.57 Å². The van der Waals surface area contributed by atoms with E-state index in [-0.39, 0.29) is 0 Å². The molecule has 0 aliphatic rings. The van der Waals surface area contributed by atoms with E-state index in [9.17, 15) is 4.57 Å². The SMILES string of the molecule is CP(C)(=O)c1cccc(CNc2nccn3nccc23)c1. The lowest BCUT2D eigenvalue weighted by Crippen LogP contribution is -2.08. The van der Waals surface area contributed by atoms with Crippen molar-refractivity contribution in [3.05, 3.63) is 54.5 Å². The minimum atomic E-state index is -2.23. The topological polar surface area (TPSA) is 59.3 Å². The number of nitrogens with zero attached hydrogens (tertiary/aromatic N) is 3. The summed E-state index contributed by atoms with van der Waals surface area (Å²) in [4.78, 5) is 4.34. The number of hydrogen-bond donors (Lipinski definition) is 1. The molecule has 0 bridgehead atoms. The Morgan fingerprint density at radius 1 is 1.24 bits per heavy atom. The van der Waals surface area contributed by atoms with Gasteiger partial charge in [0.25, 0.3) is 0 Å². The molecule has 0 spiro atoms. The van der Waals surface area contributed by atoms with Gasteiger partial charge in [-0.15, -0.1) is 0 Å². The fourth-order valence-corrected chi connectivity index (χ4v) is 3.10. The number of fused-ring (bicyclic) bond motifs is 1. The molecule has 0 saturated carbocycles. The van der Waals surface area contributed by atoms with Crippen molar-refractivity contribution >= 4 is 23.8 Å². The van der Waals surface area contributed by atoms with Crippen LogP contribution in [0.1, 0.15) is 5.56 Å². The highest BCUT2D eigenvalue weighted by molar-refractivity contribution is 7.70. The van der Waals surface area contributed by atoms with Crippen molar-refractivity contribution in [2.45, 2.75) is 6.54 Å². The molecule has 2 aromatic heterocycles. The minimum absolute atomic E-state index is 0.631. The second-order valence-corrected chi connectivity index (χ2v) is 8.53. The van der Waals surface area contributed by atoms with Crippen LogP contribution in [0.2, 0.25) is 0 Å². The normalized spacial score (nSPS) is 11.7. The maximum Gasteiger partial charge on any atom is 0.152 e. The molecule has 0 fully saturated rings. The predicted octanol–water partition coefficient (Wildman–Crippen LogP) is 2.59. The Balaban J connectivity index is 1.82. The largest absolute Gasteiger partial charge is 0.364 e. The van der Waals surface area contributed by atoms with Crippen LogP contribution >= 0.6 is 7.14 Å². The number of aromatic nitrogens is 3. The standard InChI is InChI=1S/C15H17N4OP/c1-21(2,20)13-5-3-4-12(10-13)11-17-15-14-6-7-18-19(14)9-8-16-15/h3-10H,11H2,1-2H3,(H,16,17). The molecular weight excluding hydrogens is 283 g/mol. The van der Waals surface area contributed by atoms with E-state index in [0.717, 1.165) is 22.2 Å². The summed E-state index contributed by atoms with van der Waals surface area (Å²) in [5, 5.41) is 8.39. The minimum Gasteiger partial charge on any atom is -0.364 e. The Kier molecular flexibility index (Phi) is 3.52. The quantitative estimate of drug-likeness (QED) is 0.752. The summed E-state index contributed by atoms with van der Waals surface area (Å²) in [6, 6.07) is 9.78. The van der Waals surface area contributed by atoms with E-state index >= 15 is 0 Å². The Hall–Kier alpha value is -2.13. The van der Waals surface area contributed by atoms with E-state index in [1.54, 1.807) is 30.2 Å². The monoisotopic (exact) mass is 300 g/mol. The fraction of sp³-hybridized carbons (Fsp3) is 0.200. The van der Waals surface area contributed by atoms with E-state index in [1.165, 1.54) is 0 Å². The molecule has 3 aromatic rings. The molecule has 108 valence electrons. The molecule has 0 aliphatic heterocycles. The molecule has 0 unspecified atom stereocenters. The first-order valence-corrected chi connectivity index (χ1v) is 9.31. The van der Waals surface area contributed by atoms with Crippen LogP contribution in [0, 0.1) is 0 Å². The first-order valence-electron chi connectivity index (χ1n) is 6.71. The van der Waals surface area contributed by atoms with Gasteiger partial charge in [0.2, 0.25) is 0 Å². The molecule has 21 heavy (non-hydrogen) atoms. The van der Waals surface area contributed by atoms with Crippen LogP contribution < -0.4 is 10.6 Å². The maximum absolute atomic E-state index is 12.1. The van der Waals surface area contributed by atoms with Crippen molar-refractivity contribution in [2.24, 2.45) is 0 Å². The molecule has 0 atom stereocenters. The summed E-state index contributed by atoms with van der Waals surface area (Å²) in [6.07, 6.45) is 5.27. The molecule has 1 N–H and O–H groups in total. The van der Waals surface area contributed by atoms with Gasteiger partial charge in [0.1, 0.15) is 12.7 Å². The molecule has 5 nitrogen and oxygen atoms in total. The van der Waals surface area contributed by atoms with Gasteiger partial charge >= 0.3 is 0 Å². The summed E-state index contributed by atoms with van der Waals surface area (Å²) in [5.41, 5.74) is 2.02. The summed E-state index contributed by atoms with van der Waals surface area (Å²) in [6.45, 7) is 4.20. The van der Waals surface area contributed by atoms with Gasteiger partial charge in [-0.3, -0.25) is 0 Å². The predicted molar refractivity (Wildman–Crippen MR) is 85.8 cm³/mol. The lowest BCUT2D eigenvalue weighted by Gasteiger charge is -2.10. The number of benzene rings is 1. The highest BCUT2D eigenvalue weighted by atomic mass is 31.2. The lowest BCUT2D eigenvalue weighted by atomic mass is 10.2. The average Bonchev–Trinajstić information content (AvgIpc) is 2.93. The van der Waals surface area contributed by atoms with Crippen LogP contribution in [0.4, 0.5) is 5.82 Å². The Morgan fingerprint density at radius 3 is 2.90 bits per heavy atom. The number of hydrogen-bond acceptors (Lipinski definition) is 4. The van der Waals surface area contributed by atoms with Gasteiger partial charge in [-0.1, -0.05) is 18.2 Å². The van der Waals surface area contributed by atoms with Crippen molar-refractivity contribution in [1.29, 1.82) is 0 Å². The summed E-state index contributed by atoms with van der Waals surface area (Å²) in [7, 11) is -2.23. The van der Waals surface area contributed by atoms with Gasteiger partial charge in [0, 0.05) is 24.2 Å². The zero-order chi connectivity index (χ0) is 14.9. The summed E-state index contributed by atoms with van der Waals surface area (Å²) >= 11 is 0. The van der Waals surface area contributed by atoms with Crippen molar-refractivity contribution in [3.63, 3.8) is 0 Å². The third-order valence-electron chi connectivity index (χ3n) is 3.32. The van der Waals surface area contributed by atoms with Crippen LogP contribution in [0.5, 0.6) is 0 Å². The summed E-state index contributed by atoms with van der Waals surface area (Å²) < 4.78 is 13.9. The fourth-order valence-electron chi connectivity index (χ4n) is 2.18. The zero-order valence-corrected chi connectivity index (χ0v) is 12.9. The van der Waals surface area contributed by atoms with Gasteiger partial charge in [-0.25, -0.2) is 9.50 Å². The second-order valence-electron chi connectivity index (χ2n) is 5.31. The Bertz CT molecular complexity index is 821. The molecule has 0 radical (unpaired) electrons. The lowest BCUT2D eigenvalue weighted by molar-refractivity contribution is 0.588. The smallest absolute Gasteiger partial charge is 0.152 e. The highest BCUT2D eigenvalue weighted by Gasteiger charge is 2.11. The van der Waals surface area contributed by atoms with Crippen LogP contribution in [-0.2, 0) is 11.1 Å². The number of rotatable bonds is 4. The van der Waals surface area contributed by atoms with E-state index in [2.05, 4.69) is 15.4 Å². The van der Waals surface area contributed by atoms with Gasteiger partial charge in [0.05, 0.1) is 6.20 Å². The Morgan fingerprint density at radius 2 is 2.10 bits per heavy atom. The molecule has 0 saturated heterocycles. The van der Waals surface area contributed by atoms with Crippen LogP contribution in [0.3, 0.4) is 0 Å². The molecule has 3 rings (SSSR count). The van der Waals surface area contributed by atoms with Crippen molar-refractivity contribution in [3.8, 4) is 0 Å². The first-order chi connectivity index (χ1) is 10.0. The number of nitrogens with one attached hydrogen (secondary N) is 1. The highest BCUT2D eigenvalue weighted by Crippen LogP contribution is 2.34. The third-order valence-corrected chi connectivity index (χ3v) is 4.84. The molecular formula is C15H17N4OP. The third kappa shape index (κ3) is 2.98. The summed E-state index contributed by atoms with van der Waals surface area (Å²) in [5.74, 6) is 0.789. The van der Waals surface area contributed by atoms with Gasteiger partial charge < -0.3 is 9.88 Å². The number of anilines is 1. The average molecular weight is 300 g/mol. The molecule has 1 aromatic carbocycles. The maximum atomic E-state index is 12.1. The van der Waals surface area contributed by atoms with Crippen molar-refractivity contribution in [2.75, 3.05) is 18.6 Å². The van der Waals surface area contributed by atoms with Crippen molar-refractivity contribution in [1.82, 2.24) is 14.6 Å². The van der Waals surface area contributed by atoms with E-state index in [0.29, 0.717) is 6.54 Å². The van der Waals surface area contributed by atoms with E-state index < -0.39 is 7.14 Å². The van der Waals surface area contributed by atoms with Gasteiger partial charge in [-0.05, 0) is 31.0 Å². The van der Waals surface area contributed by atoms with E-state index in [4.69, 9.17) is 0 Å². The Labute approximate surface area is 123 Å². The van der Waals surface area contributed by atoms with Crippen LogP contribution in [0.15, 0.2) is 48.9 Å². The first kappa shape index (κ1) is 13.8. The van der Waals surface area contributed by atoms with Gasteiger partial charge in [0.15, 0.2) is 5.82 Å². The molecule has 0 amide bonds. The van der Waals surface area contributed by atoms with Crippen LogP contribution in [0.25, 0.3) is 5.52 Å². The van der Waals surface area contributed by atoms with E-state index in [1.807, 2.05) is 36.5 Å².